The van der Waals surface area contributed by atoms with Crippen molar-refractivity contribution in [3.63, 3.8) is 0 Å². The molecule has 6 heteroatoms. The van der Waals surface area contributed by atoms with Crippen LogP contribution in [0.25, 0.3) is 0 Å². The highest BCUT2D eigenvalue weighted by molar-refractivity contribution is 5.80. The van der Waals surface area contributed by atoms with Gasteiger partial charge >= 0.3 is 0 Å². The summed E-state index contributed by atoms with van der Waals surface area (Å²) in [5.41, 5.74) is 0.257. The number of likely N-dealkylation sites (tertiary alicyclic amines) is 1. The molecule has 1 heterocycles. The number of benzene rings is 1. The topological polar surface area (TPSA) is 39.7 Å². The Labute approximate surface area is 142 Å². The molecule has 24 heavy (non-hydrogen) atoms. The molecule has 1 saturated heterocycles. The van der Waals surface area contributed by atoms with Gasteiger partial charge in [-0.15, -0.1) is 6.58 Å². The van der Waals surface area contributed by atoms with Gasteiger partial charge in [-0.3, -0.25) is 4.90 Å². The molecule has 4 nitrogen and oxygen atoms in total. The van der Waals surface area contributed by atoms with E-state index < -0.39 is 11.6 Å². The zero-order valence-corrected chi connectivity index (χ0v) is 14.2. The molecule has 0 atom stereocenters. The highest BCUT2D eigenvalue weighted by atomic mass is 19.1. The molecule has 2 N–H and O–H groups in total. The lowest BCUT2D eigenvalue weighted by molar-refractivity contribution is 0.225. The van der Waals surface area contributed by atoms with E-state index in [2.05, 4.69) is 27.1 Å². The second-order valence-electron chi connectivity index (χ2n) is 5.94. The molecule has 1 fully saturated rings. The summed E-state index contributed by atoms with van der Waals surface area (Å²) in [5, 5.41) is 6.56. The Bertz CT molecular complexity index is 566. The summed E-state index contributed by atoms with van der Waals surface area (Å²) in [6.45, 7) is 9.52. The van der Waals surface area contributed by atoms with Gasteiger partial charge in [0.1, 0.15) is 11.6 Å². The Morgan fingerprint density at radius 2 is 2.12 bits per heavy atom. The molecule has 0 aliphatic carbocycles. The van der Waals surface area contributed by atoms with E-state index >= 15 is 0 Å². The minimum absolute atomic E-state index is 0.105. The third-order valence-corrected chi connectivity index (χ3v) is 4.08. The fourth-order valence-electron chi connectivity index (χ4n) is 2.78. The molecule has 1 aliphatic rings. The molecule has 0 amide bonds. The molecule has 132 valence electrons. The fourth-order valence-corrected chi connectivity index (χ4v) is 2.78. The summed E-state index contributed by atoms with van der Waals surface area (Å²) in [7, 11) is 0. The van der Waals surface area contributed by atoms with Gasteiger partial charge < -0.3 is 10.6 Å². The van der Waals surface area contributed by atoms with Crippen LogP contribution in [0.3, 0.4) is 0 Å². The largest absolute Gasteiger partial charge is 0.357 e. The summed E-state index contributed by atoms with van der Waals surface area (Å²) in [5.74, 6) is -0.244. The molecule has 0 bridgehead atoms. The van der Waals surface area contributed by atoms with E-state index in [-0.39, 0.29) is 12.1 Å². The average Bonchev–Trinajstić information content (AvgIpc) is 2.57. The van der Waals surface area contributed by atoms with Gasteiger partial charge in [-0.05, 0) is 38.0 Å². The third kappa shape index (κ3) is 5.60. The number of aliphatic imine (C=N–C) groups is 1. The summed E-state index contributed by atoms with van der Waals surface area (Å²) in [4.78, 5) is 6.75. The Balaban J connectivity index is 1.94. The van der Waals surface area contributed by atoms with Gasteiger partial charge in [0, 0.05) is 37.8 Å². The Hall–Kier alpha value is -1.95. The van der Waals surface area contributed by atoms with E-state index in [4.69, 9.17) is 0 Å². The first-order valence-electron chi connectivity index (χ1n) is 8.44. The number of hydrogen-bond acceptors (Lipinski definition) is 2. The first-order chi connectivity index (χ1) is 11.6. The van der Waals surface area contributed by atoms with Gasteiger partial charge in [-0.25, -0.2) is 13.8 Å². The van der Waals surface area contributed by atoms with Crippen LogP contribution in [0.15, 0.2) is 35.8 Å². The maximum absolute atomic E-state index is 13.7. The first-order valence-corrected chi connectivity index (χ1v) is 8.44. The lowest BCUT2D eigenvalue weighted by Crippen LogP contribution is -2.48. The first kappa shape index (κ1) is 18.4. The number of nitrogens with zero attached hydrogens (tertiary/aromatic N) is 2. The van der Waals surface area contributed by atoms with Gasteiger partial charge in [0.05, 0.1) is 6.54 Å². The minimum Gasteiger partial charge on any atom is -0.357 e. The number of piperidine rings is 1. The molecule has 0 aromatic heterocycles. The molecule has 2 rings (SSSR count). The maximum Gasteiger partial charge on any atom is 0.191 e. The molecule has 0 unspecified atom stereocenters. The van der Waals surface area contributed by atoms with Crippen molar-refractivity contribution in [2.45, 2.75) is 32.4 Å². The molecule has 0 spiro atoms. The maximum atomic E-state index is 13.7. The monoisotopic (exact) mass is 336 g/mol. The number of rotatable bonds is 6. The van der Waals surface area contributed by atoms with Crippen molar-refractivity contribution in [3.8, 4) is 0 Å². The lowest BCUT2D eigenvalue weighted by atomic mass is 10.1. The predicted molar refractivity (Wildman–Crippen MR) is 94.0 cm³/mol. The van der Waals surface area contributed by atoms with Crippen molar-refractivity contribution in [2.24, 2.45) is 4.99 Å². The zero-order valence-electron chi connectivity index (χ0n) is 14.2. The van der Waals surface area contributed by atoms with Crippen LogP contribution in [0, 0.1) is 11.6 Å². The van der Waals surface area contributed by atoms with Crippen LogP contribution in [0.1, 0.15) is 25.3 Å². The summed E-state index contributed by atoms with van der Waals surface area (Å²) in [6, 6.07) is 3.77. The number of halogens is 2. The SMILES string of the molecule is C=CCN1CCC(NC(=NCc2cc(F)ccc2F)NCC)CC1. The standard InChI is InChI=1S/C18H26F2N4/c1-3-9-24-10-7-16(8-11-24)23-18(21-4-2)22-13-14-12-15(19)5-6-17(14)20/h3,5-6,12,16H,1,4,7-11,13H2,2H3,(H2,21,22,23). The highest BCUT2D eigenvalue weighted by Gasteiger charge is 2.19. The van der Waals surface area contributed by atoms with Crippen LogP contribution in [0.4, 0.5) is 8.78 Å². The van der Waals surface area contributed by atoms with Gasteiger partial charge in [0.25, 0.3) is 0 Å². The van der Waals surface area contributed by atoms with Crippen LogP contribution < -0.4 is 10.6 Å². The molecule has 1 aromatic rings. The van der Waals surface area contributed by atoms with E-state index in [0.29, 0.717) is 18.5 Å². The number of nitrogens with one attached hydrogen (secondary N) is 2. The fraction of sp³-hybridized carbons (Fsp3) is 0.500. The molecular formula is C18H26F2N4. The lowest BCUT2D eigenvalue weighted by Gasteiger charge is -2.32. The van der Waals surface area contributed by atoms with Crippen LogP contribution in [-0.4, -0.2) is 43.1 Å². The zero-order chi connectivity index (χ0) is 17.4. The minimum atomic E-state index is -0.450. The predicted octanol–water partition coefficient (Wildman–Crippen LogP) is 2.67. The van der Waals surface area contributed by atoms with E-state index in [1.54, 1.807) is 0 Å². The van der Waals surface area contributed by atoms with Crippen molar-refractivity contribution in [2.75, 3.05) is 26.2 Å². The van der Waals surface area contributed by atoms with E-state index in [1.807, 2.05) is 13.0 Å². The molecule has 0 radical (unpaired) electrons. The smallest absolute Gasteiger partial charge is 0.191 e. The molecule has 0 saturated carbocycles. The Morgan fingerprint density at radius 3 is 2.79 bits per heavy atom. The van der Waals surface area contributed by atoms with Crippen LogP contribution >= 0.6 is 0 Å². The van der Waals surface area contributed by atoms with Gasteiger partial charge in [0.2, 0.25) is 0 Å². The van der Waals surface area contributed by atoms with Crippen LogP contribution in [0.5, 0.6) is 0 Å². The molecule has 1 aliphatic heterocycles. The van der Waals surface area contributed by atoms with Crippen molar-refractivity contribution >= 4 is 5.96 Å². The number of hydrogen-bond donors (Lipinski definition) is 2. The molecular weight excluding hydrogens is 310 g/mol. The second kappa shape index (κ2) is 9.37. The number of guanidine groups is 1. The Morgan fingerprint density at radius 1 is 1.38 bits per heavy atom. The van der Waals surface area contributed by atoms with E-state index in [1.165, 1.54) is 6.07 Å². The van der Waals surface area contributed by atoms with Crippen LogP contribution in [-0.2, 0) is 6.54 Å². The quantitative estimate of drug-likeness (QED) is 0.477. The summed E-state index contributed by atoms with van der Waals surface area (Å²) in [6.07, 6.45) is 3.96. The van der Waals surface area contributed by atoms with Crippen molar-refractivity contribution in [3.05, 3.63) is 48.1 Å². The summed E-state index contributed by atoms with van der Waals surface area (Å²) < 4.78 is 26.9. The highest BCUT2D eigenvalue weighted by Crippen LogP contribution is 2.12. The van der Waals surface area contributed by atoms with Crippen LogP contribution in [0.2, 0.25) is 0 Å². The third-order valence-electron chi connectivity index (χ3n) is 4.08. The average molecular weight is 336 g/mol. The van der Waals surface area contributed by atoms with Crippen molar-refractivity contribution in [1.29, 1.82) is 0 Å². The van der Waals surface area contributed by atoms with Gasteiger partial charge in [0.15, 0.2) is 5.96 Å². The normalized spacial score (nSPS) is 16.9. The Kier molecular flexibility index (Phi) is 7.18. The second-order valence-corrected chi connectivity index (χ2v) is 5.94. The van der Waals surface area contributed by atoms with Crippen molar-refractivity contribution in [1.82, 2.24) is 15.5 Å². The van der Waals surface area contributed by atoms with Crippen molar-refractivity contribution < 1.29 is 8.78 Å². The van der Waals surface area contributed by atoms with E-state index in [0.717, 1.165) is 44.6 Å². The van der Waals surface area contributed by atoms with E-state index in [9.17, 15) is 8.78 Å². The van der Waals surface area contributed by atoms with Gasteiger partial charge in [-0.2, -0.15) is 0 Å². The summed E-state index contributed by atoms with van der Waals surface area (Å²) >= 11 is 0. The van der Waals surface area contributed by atoms with Gasteiger partial charge in [-0.1, -0.05) is 6.08 Å². The molecule has 1 aromatic carbocycles.